The van der Waals surface area contributed by atoms with E-state index in [1.54, 1.807) is 7.11 Å². The number of hydrogen-bond donors (Lipinski definition) is 2. The monoisotopic (exact) mass is 657 g/mol. The van der Waals surface area contributed by atoms with E-state index in [2.05, 4.69) is 76.2 Å². The van der Waals surface area contributed by atoms with Crippen LogP contribution in [0.4, 0.5) is 5.69 Å². The highest BCUT2D eigenvalue weighted by molar-refractivity contribution is 5.99. The molecule has 2 aliphatic rings. The van der Waals surface area contributed by atoms with Crippen molar-refractivity contribution in [1.82, 2.24) is 20.1 Å². The number of hydrogen-bond acceptors (Lipinski definition) is 7. The van der Waals surface area contributed by atoms with Crippen LogP contribution in [0.5, 0.6) is 0 Å². The topological polar surface area (TPSA) is 90.1 Å². The number of aromatic amines is 1. The molecule has 48 heavy (non-hydrogen) atoms. The number of carbonyl (C=O) groups is 1. The van der Waals surface area contributed by atoms with Gasteiger partial charge in [-0.15, -0.1) is 0 Å². The van der Waals surface area contributed by atoms with E-state index in [1.165, 1.54) is 5.56 Å². The summed E-state index contributed by atoms with van der Waals surface area (Å²) in [6, 6.07) is 16.0. The molecule has 0 unspecified atom stereocenters. The molecular formula is C39H55N5O4. The van der Waals surface area contributed by atoms with Gasteiger partial charge >= 0.3 is 0 Å². The minimum atomic E-state index is -0.168. The fourth-order valence-corrected chi connectivity index (χ4v) is 7.44. The first-order valence-electron chi connectivity index (χ1n) is 17.7. The zero-order valence-corrected chi connectivity index (χ0v) is 29.9. The summed E-state index contributed by atoms with van der Waals surface area (Å²) >= 11 is 0. The lowest BCUT2D eigenvalue weighted by Gasteiger charge is -2.41. The van der Waals surface area contributed by atoms with Crippen LogP contribution in [-0.2, 0) is 22.6 Å². The number of pyridine rings is 1. The maximum atomic E-state index is 14.0. The van der Waals surface area contributed by atoms with Crippen LogP contribution in [0.2, 0.25) is 0 Å². The number of likely N-dealkylation sites (N-methyl/N-ethyl adjacent to an activating group) is 1. The molecule has 1 saturated heterocycles. The largest absolute Gasteiger partial charge is 0.383 e. The number of benzene rings is 2. The van der Waals surface area contributed by atoms with Crippen molar-refractivity contribution in [3.8, 4) is 11.1 Å². The van der Waals surface area contributed by atoms with Gasteiger partial charge in [0.15, 0.2) is 0 Å². The Balaban J connectivity index is 1.43. The summed E-state index contributed by atoms with van der Waals surface area (Å²) in [6.07, 6.45) is 4.49. The molecule has 2 fully saturated rings. The number of aryl methyl sites for hydroxylation is 2. The van der Waals surface area contributed by atoms with Gasteiger partial charge in [-0.05, 0) is 106 Å². The van der Waals surface area contributed by atoms with E-state index < -0.39 is 0 Å². The van der Waals surface area contributed by atoms with Crippen LogP contribution in [-0.4, -0.2) is 92.9 Å². The molecular weight excluding hydrogens is 602 g/mol. The van der Waals surface area contributed by atoms with Gasteiger partial charge in [0.05, 0.1) is 19.8 Å². The highest BCUT2D eigenvalue weighted by Crippen LogP contribution is 2.36. The van der Waals surface area contributed by atoms with E-state index in [-0.39, 0.29) is 18.0 Å². The lowest BCUT2D eigenvalue weighted by molar-refractivity contribution is 0.0342. The molecule has 2 N–H and O–H groups in total. The number of anilines is 1. The number of amides is 1. The van der Waals surface area contributed by atoms with Crippen molar-refractivity contribution < 1.29 is 14.3 Å². The highest BCUT2D eigenvalue weighted by atomic mass is 16.5. The summed E-state index contributed by atoms with van der Waals surface area (Å²) in [5.74, 6) is -0.168. The van der Waals surface area contributed by atoms with Gasteiger partial charge in [-0.3, -0.25) is 14.5 Å². The van der Waals surface area contributed by atoms with E-state index in [1.807, 2.05) is 26.0 Å². The van der Waals surface area contributed by atoms with Crippen LogP contribution in [0.25, 0.3) is 11.1 Å². The minimum Gasteiger partial charge on any atom is -0.383 e. The number of nitrogens with one attached hydrogen (secondary N) is 2. The lowest BCUT2D eigenvalue weighted by atomic mass is 9.88. The molecule has 1 aliphatic carbocycles. The molecule has 5 rings (SSSR count). The van der Waals surface area contributed by atoms with Gasteiger partial charge in [0.1, 0.15) is 0 Å². The molecule has 9 nitrogen and oxygen atoms in total. The Morgan fingerprint density at radius 3 is 2.33 bits per heavy atom. The average molecular weight is 658 g/mol. The zero-order valence-electron chi connectivity index (χ0n) is 29.9. The number of carbonyl (C=O) groups excluding carboxylic acids is 1. The summed E-state index contributed by atoms with van der Waals surface area (Å²) in [5.41, 5.74) is 8.22. The Labute approximate surface area is 286 Å². The molecule has 3 aromatic rings. The Hall–Kier alpha value is -3.50. The van der Waals surface area contributed by atoms with Gasteiger partial charge in [0.25, 0.3) is 11.5 Å². The quantitative estimate of drug-likeness (QED) is 0.253. The third kappa shape index (κ3) is 8.74. The Bertz CT molecular complexity index is 1570. The van der Waals surface area contributed by atoms with E-state index in [9.17, 15) is 9.59 Å². The summed E-state index contributed by atoms with van der Waals surface area (Å²) < 4.78 is 10.8. The van der Waals surface area contributed by atoms with Gasteiger partial charge < -0.3 is 29.6 Å². The summed E-state index contributed by atoms with van der Waals surface area (Å²) in [4.78, 5) is 36.9. The van der Waals surface area contributed by atoms with Crippen molar-refractivity contribution in [2.24, 2.45) is 0 Å². The molecule has 2 aromatic carbocycles. The molecule has 2 heterocycles. The molecule has 9 heteroatoms. The van der Waals surface area contributed by atoms with Crippen LogP contribution >= 0.6 is 0 Å². The highest BCUT2D eigenvalue weighted by Gasteiger charge is 2.29. The predicted molar refractivity (Wildman–Crippen MR) is 194 cm³/mol. The standard InChI is InChI=1S/C39H55N5O4/c1-7-44(34-14-12-33(13-15-34)42(5)16-19-47-6)37-24-32(31-10-8-30(9-11-31)26-43-17-20-48-21-18-43)23-35(29(37)4)38(45)40-25-36-27(2)22-28(3)41-39(36)46/h8-11,22-24,33-34H,7,12-21,25-26H2,1-6H3,(H,40,45)(H,41,46). The summed E-state index contributed by atoms with van der Waals surface area (Å²) in [6.45, 7) is 15.2. The van der Waals surface area contributed by atoms with Gasteiger partial charge in [-0.25, -0.2) is 0 Å². The number of rotatable bonds is 13. The predicted octanol–water partition coefficient (Wildman–Crippen LogP) is 5.45. The fraction of sp³-hybridized carbons (Fsp3) is 0.538. The van der Waals surface area contributed by atoms with Crippen molar-refractivity contribution in [2.75, 3.05) is 65.1 Å². The number of methoxy groups -OCH3 is 1. The Kier molecular flexibility index (Phi) is 12.5. The van der Waals surface area contributed by atoms with Gasteiger partial charge in [-0.1, -0.05) is 24.3 Å². The van der Waals surface area contributed by atoms with Crippen molar-refractivity contribution in [2.45, 2.75) is 78.6 Å². The average Bonchev–Trinajstić information content (AvgIpc) is 3.08. The van der Waals surface area contributed by atoms with Gasteiger partial charge in [0, 0.05) is 81.0 Å². The summed E-state index contributed by atoms with van der Waals surface area (Å²) in [5, 5.41) is 3.08. The number of ether oxygens (including phenoxy) is 2. The van der Waals surface area contributed by atoms with E-state index >= 15 is 0 Å². The van der Waals surface area contributed by atoms with Crippen LogP contribution in [0, 0.1) is 20.8 Å². The van der Waals surface area contributed by atoms with Crippen molar-refractivity contribution >= 4 is 11.6 Å². The Morgan fingerprint density at radius 2 is 1.69 bits per heavy atom. The smallest absolute Gasteiger partial charge is 0.253 e. The van der Waals surface area contributed by atoms with Crippen molar-refractivity contribution in [1.29, 1.82) is 0 Å². The van der Waals surface area contributed by atoms with Crippen LogP contribution < -0.4 is 15.8 Å². The first kappa shape index (κ1) is 35.8. The molecule has 0 radical (unpaired) electrons. The van der Waals surface area contributed by atoms with Gasteiger partial charge in [-0.2, -0.15) is 0 Å². The lowest BCUT2D eigenvalue weighted by Crippen LogP contribution is -2.44. The fourth-order valence-electron chi connectivity index (χ4n) is 7.44. The van der Waals surface area contributed by atoms with E-state index in [4.69, 9.17) is 9.47 Å². The van der Waals surface area contributed by atoms with Crippen molar-refractivity contribution in [3.05, 3.63) is 86.3 Å². The summed E-state index contributed by atoms with van der Waals surface area (Å²) in [7, 11) is 3.97. The normalized spacial score (nSPS) is 18.6. The second-order valence-electron chi connectivity index (χ2n) is 13.6. The Morgan fingerprint density at radius 1 is 1.00 bits per heavy atom. The number of aromatic nitrogens is 1. The maximum Gasteiger partial charge on any atom is 0.253 e. The maximum absolute atomic E-state index is 14.0. The van der Waals surface area contributed by atoms with Crippen LogP contribution in [0.1, 0.15) is 70.9 Å². The van der Waals surface area contributed by atoms with Crippen LogP contribution in [0.3, 0.4) is 0 Å². The molecule has 0 spiro atoms. The molecule has 0 atom stereocenters. The third-order valence-electron chi connectivity index (χ3n) is 10.4. The molecule has 0 bridgehead atoms. The molecule has 1 aliphatic heterocycles. The second-order valence-corrected chi connectivity index (χ2v) is 13.6. The first-order chi connectivity index (χ1) is 23.2. The first-order valence-corrected chi connectivity index (χ1v) is 17.7. The van der Waals surface area contributed by atoms with E-state index in [0.717, 1.165) is 112 Å². The molecule has 1 amide bonds. The van der Waals surface area contributed by atoms with Crippen LogP contribution in [0.15, 0.2) is 47.3 Å². The van der Waals surface area contributed by atoms with Crippen molar-refractivity contribution in [3.63, 3.8) is 0 Å². The zero-order chi connectivity index (χ0) is 34.2. The third-order valence-corrected chi connectivity index (χ3v) is 10.4. The second kappa shape index (κ2) is 16.7. The SMILES string of the molecule is CCN(c1cc(-c2ccc(CN3CCOCC3)cc2)cc(C(=O)NCc2c(C)cc(C)[nH]c2=O)c1C)C1CCC(N(C)CCOC)CC1. The molecule has 260 valence electrons. The number of nitrogens with zero attached hydrogens (tertiary/aromatic N) is 3. The molecule has 1 aromatic heterocycles. The minimum absolute atomic E-state index is 0.156. The van der Waals surface area contributed by atoms with Gasteiger partial charge in [0.2, 0.25) is 0 Å². The van der Waals surface area contributed by atoms with E-state index in [0.29, 0.717) is 23.2 Å². The number of morpholine rings is 1. The molecule has 1 saturated carbocycles. The number of H-pyrrole nitrogens is 1.